The summed E-state index contributed by atoms with van der Waals surface area (Å²) in [4.78, 5) is 12.6. The van der Waals surface area contributed by atoms with Crippen LogP contribution >= 0.6 is 11.6 Å². The molecule has 1 amide bonds. The van der Waals surface area contributed by atoms with Crippen LogP contribution in [0.3, 0.4) is 0 Å². The van der Waals surface area contributed by atoms with E-state index in [-0.39, 0.29) is 27.4 Å². The molecule has 0 saturated heterocycles. The van der Waals surface area contributed by atoms with Crippen LogP contribution in [0.15, 0.2) is 71.6 Å². The Hall–Kier alpha value is -2.83. The lowest BCUT2D eigenvalue weighted by Crippen LogP contribution is -2.27. The molecule has 0 heterocycles. The third kappa shape index (κ3) is 5.01. The molecule has 0 saturated carbocycles. The quantitative estimate of drug-likeness (QED) is 0.547. The van der Waals surface area contributed by atoms with E-state index in [1.54, 1.807) is 6.07 Å². The van der Waals surface area contributed by atoms with E-state index in [4.69, 9.17) is 11.6 Å². The molecule has 1 atom stereocenters. The van der Waals surface area contributed by atoms with Crippen LogP contribution in [0, 0.1) is 13.8 Å². The largest absolute Gasteiger partial charge is 0.346 e. The molecule has 156 valence electrons. The summed E-state index contributed by atoms with van der Waals surface area (Å²) in [6.07, 6.45) is 0. The van der Waals surface area contributed by atoms with Gasteiger partial charge in [0.05, 0.1) is 16.8 Å². The SMILES string of the molecule is Cc1ccc(NS(=O)(=O)c2cc(C(=O)N[C@H](C)c3ccccc3)ccc2Cl)c(C)c1. The van der Waals surface area contributed by atoms with Crippen LogP contribution in [0.5, 0.6) is 0 Å². The zero-order valence-electron chi connectivity index (χ0n) is 16.9. The summed E-state index contributed by atoms with van der Waals surface area (Å²) in [7, 11) is -3.98. The van der Waals surface area contributed by atoms with Crippen LogP contribution in [-0.4, -0.2) is 14.3 Å². The van der Waals surface area contributed by atoms with E-state index >= 15 is 0 Å². The van der Waals surface area contributed by atoms with Crippen molar-refractivity contribution < 1.29 is 13.2 Å². The van der Waals surface area contributed by atoms with E-state index in [1.165, 1.54) is 18.2 Å². The fourth-order valence-electron chi connectivity index (χ4n) is 3.08. The molecule has 2 N–H and O–H groups in total. The number of carbonyl (C=O) groups excluding carboxylic acids is 1. The molecule has 0 spiro atoms. The maximum absolute atomic E-state index is 13.0. The summed E-state index contributed by atoms with van der Waals surface area (Å²) < 4.78 is 28.5. The molecule has 0 aromatic heterocycles. The molecule has 7 heteroatoms. The number of carbonyl (C=O) groups is 1. The molecule has 30 heavy (non-hydrogen) atoms. The molecule has 0 unspecified atom stereocenters. The smallest absolute Gasteiger partial charge is 0.263 e. The minimum absolute atomic E-state index is 0.0416. The summed E-state index contributed by atoms with van der Waals surface area (Å²) in [6.45, 7) is 5.62. The highest BCUT2D eigenvalue weighted by Crippen LogP contribution is 2.27. The van der Waals surface area contributed by atoms with Crippen LogP contribution in [-0.2, 0) is 10.0 Å². The van der Waals surface area contributed by atoms with Crippen molar-refractivity contribution in [2.24, 2.45) is 0 Å². The van der Waals surface area contributed by atoms with Gasteiger partial charge in [-0.3, -0.25) is 9.52 Å². The number of nitrogens with one attached hydrogen (secondary N) is 2. The molecule has 5 nitrogen and oxygen atoms in total. The van der Waals surface area contributed by atoms with Crippen molar-refractivity contribution in [2.75, 3.05) is 4.72 Å². The van der Waals surface area contributed by atoms with Crippen molar-refractivity contribution >= 4 is 33.2 Å². The predicted octanol–water partition coefficient (Wildman–Crippen LogP) is 5.25. The standard InChI is InChI=1S/C23H23ClN2O3S/c1-15-9-12-21(16(2)13-15)26-30(28,29)22-14-19(10-11-20(22)24)23(27)25-17(3)18-7-5-4-6-8-18/h4-14,17,26H,1-3H3,(H,25,27)/t17-/m1/s1. The van der Waals surface area contributed by atoms with Crippen LogP contribution in [0.1, 0.15) is 40.0 Å². The van der Waals surface area contributed by atoms with E-state index in [0.29, 0.717) is 5.69 Å². The number of rotatable bonds is 6. The monoisotopic (exact) mass is 442 g/mol. The highest BCUT2D eigenvalue weighted by atomic mass is 35.5. The zero-order chi connectivity index (χ0) is 21.9. The molecule has 0 bridgehead atoms. The molecule has 3 aromatic rings. The molecule has 0 fully saturated rings. The van der Waals surface area contributed by atoms with Crippen molar-refractivity contribution in [3.8, 4) is 0 Å². The Labute approximate surface area is 182 Å². The normalized spacial score (nSPS) is 12.3. The summed E-state index contributed by atoms with van der Waals surface area (Å²) in [5, 5.41) is 2.92. The number of amides is 1. The van der Waals surface area contributed by atoms with E-state index in [2.05, 4.69) is 10.0 Å². The van der Waals surface area contributed by atoms with E-state index < -0.39 is 10.0 Å². The number of hydrogen-bond donors (Lipinski definition) is 2. The second-order valence-electron chi connectivity index (χ2n) is 7.17. The first-order chi connectivity index (χ1) is 14.2. The van der Waals surface area contributed by atoms with E-state index in [9.17, 15) is 13.2 Å². The van der Waals surface area contributed by atoms with Crippen molar-refractivity contribution in [1.82, 2.24) is 5.32 Å². The Morgan fingerprint density at radius 3 is 2.33 bits per heavy atom. The number of hydrogen-bond acceptors (Lipinski definition) is 3. The van der Waals surface area contributed by atoms with Gasteiger partial charge in [-0.25, -0.2) is 8.42 Å². The van der Waals surface area contributed by atoms with Gasteiger partial charge in [-0.2, -0.15) is 0 Å². The van der Waals surface area contributed by atoms with E-state index in [1.807, 2.05) is 63.2 Å². The molecule has 3 aromatic carbocycles. The van der Waals surface area contributed by atoms with Gasteiger partial charge in [0.25, 0.3) is 15.9 Å². The molecule has 0 aliphatic carbocycles. The van der Waals surface area contributed by atoms with Crippen LogP contribution in [0.25, 0.3) is 0 Å². The lowest BCUT2D eigenvalue weighted by Gasteiger charge is -2.16. The lowest BCUT2D eigenvalue weighted by atomic mass is 10.1. The van der Waals surface area contributed by atoms with Gasteiger partial charge in [-0.1, -0.05) is 59.6 Å². The Balaban J connectivity index is 1.86. The maximum atomic E-state index is 13.0. The Morgan fingerprint density at radius 2 is 1.67 bits per heavy atom. The molecule has 0 aliphatic heterocycles. The maximum Gasteiger partial charge on any atom is 0.263 e. The second kappa shape index (κ2) is 8.90. The first-order valence-electron chi connectivity index (χ1n) is 9.43. The van der Waals surface area contributed by atoms with E-state index in [0.717, 1.165) is 16.7 Å². The summed E-state index contributed by atoms with van der Waals surface area (Å²) in [6, 6.07) is 18.9. The van der Waals surface area contributed by atoms with Crippen LogP contribution in [0.2, 0.25) is 5.02 Å². The van der Waals surface area contributed by atoms with Gasteiger partial charge >= 0.3 is 0 Å². The number of halogens is 1. The molecule has 3 rings (SSSR count). The summed E-state index contributed by atoms with van der Waals surface area (Å²) >= 11 is 6.17. The Kier molecular flexibility index (Phi) is 6.48. The zero-order valence-corrected chi connectivity index (χ0v) is 18.5. The fourth-order valence-corrected chi connectivity index (χ4v) is 4.74. The van der Waals surface area contributed by atoms with Crippen LogP contribution < -0.4 is 10.0 Å². The van der Waals surface area contributed by atoms with Crippen molar-refractivity contribution in [3.05, 3.63) is 94.0 Å². The highest BCUT2D eigenvalue weighted by molar-refractivity contribution is 7.92. The molecule has 0 radical (unpaired) electrons. The third-order valence-electron chi connectivity index (χ3n) is 4.76. The second-order valence-corrected chi connectivity index (χ2v) is 9.23. The predicted molar refractivity (Wildman–Crippen MR) is 120 cm³/mol. The highest BCUT2D eigenvalue weighted by Gasteiger charge is 2.22. The topological polar surface area (TPSA) is 75.3 Å². The van der Waals surface area contributed by atoms with Gasteiger partial charge in [-0.15, -0.1) is 0 Å². The van der Waals surface area contributed by atoms with Gasteiger partial charge in [0.2, 0.25) is 0 Å². The van der Waals surface area contributed by atoms with Gasteiger partial charge in [0.1, 0.15) is 4.90 Å². The fraction of sp³-hybridized carbons (Fsp3) is 0.174. The lowest BCUT2D eigenvalue weighted by molar-refractivity contribution is 0.0939. The Bertz CT molecular complexity index is 1180. The minimum Gasteiger partial charge on any atom is -0.346 e. The minimum atomic E-state index is -3.98. The van der Waals surface area contributed by atoms with Gasteiger partial charge in [0, 0.05) is 5.56 Å². The number of anilines is 1. The number of benzene rings is 3. The van der Waals surface area contributed by atoms with Gasteiger partial charge in [-0.05, 0) is 56.2 Å². The summed E-state index contributed by atoms with van der Waals surface area (Å²) in [5.41, 5.74) is 3.44. The third-order valence-corrected chi connectivity index (χ3v) is 6.60. The molecular formula is C23H23ClN2O3S. The molecule has 0 aliphatic rings. The summed E-state index contributed by atoms with van der Waals surface area (Å²) in [5.74, 6) is -0.383. The van der Waals surface area contributed by atoms with Crippen LogP contribution in [0.4, 0.5) is 5.69 Å². The first-order valence-corrected chi connectivity index (χ1v) is 11.3. The van der Waals surface area contributed by atoms with Gasteiger partial charge < -0.3 is 5.32 Å². The Morgan fingerprint density at radius 1 is 0.967 bits per heavy atom. The number of aryl methyl sites for hydroxylation is 2. The molecular weight excluding hydrogens is 420 g/mol. The van der Waals surface area contributed by atoms with Crippen molar-refractivity contribution in [3.63, 3.8) is 0 Å². The van der Waals surface area contributed by atoms with Crippen molar-refractivity contribution in [2.45, 2.75) is 31.7 Å². The van der Waals surface area contributed by atoms with Crippen molar-refractivity contribution in [1.29, 1.82) is 0 Å². The average Bonchev–Trinajstić information content (AvgIpc) is 2.71. The number of sulfonamides is 1. The average molecular weight is 443 g/mol. The first kappa shape index (κ1) is 21.9. The van der Waals surface area contributed by atoms with Gasteiger partial charge in [0.15, 0.2) is 0 Å².